The van der Waals surface area contributed by atoms with Crippen LogP contribution in [-0.2, 0) is 22.4 Å². The summed E-state index contributed by atoms with van der Waals surface area (Å²) in [5.41, 5.74) is 3.52. The fourth-order valence-corrected chi connectivity index (χ4v) is 3.79. The standard InChI is InChI=1S/C22H28N2O3.C2H2/c1-16-6-8-17(9-7-16)14-22(21(26)27-3)15-23-20-11-10-19(25)13-18(20)5-4-12-24(22)2;1-2/h6-11,13,23,25H,4-5,12,14-15H2,1-3H3;1-2H. The van der Waals surface area contributed by atoms with Crippen LogP contribution in [0.5, 0.6) is 5.75 Å². The molecule has 3 rings (SSSR count). The number of hydrogen-bond acceptors (Lipinski definition) is 5. The average molecular weight is 395 g/mol. The van der Waals surface area contributed by atoms with Gasteiger partial charge in [0.15, 0.2) is 0 Å². The van der Waals surface area contributed by atoms with Crippen molar-refractivity contribution in [3.05, 3.63) is 59.2 Å². The van der Waals surface area contributed by atoms with E-state index in [1.54, 1.807) is 12.1 Å². The number of terminal acetylenes is 1. The second-order valence-electron chi connectivity index (χ2n) is 7.41. The van der Waals surface area contributed by atoms with Crippen molar-refractivity contribution in [2.24, 2.45) is 0 Å². The van der Waals surface area contributed by atoms with E-state index in [2.05, 4.69) is 54.3 Å². The van der Waals surface area contributed by atoms with Crippen molar-refractivity contribution in [1.82, 2.24) is 4.90 Å². The van der Waals surface area contributed by atoms with Gasteiger partial charge >= 0.3 is 5.97 Å². The molecule has 1 atom stereocenters. The Morgan fingerprint density at radius 1 is 1.24 bits per heavy atom. The summed E-state index contributed by atoms with van der Waals surface area (Å²) in [6.07, 6.45) is 10.3. The van der Waals surface area contributed by atoms with E-state index in [0.717, 1.165) is 36.2 Å². The molecule has 1 aliphatic heterocycles. The van der Waals surface area contributed by atoms with Crippen molar-refractivity contribution in [3.8, 4) is 18.6 Å². The number of carbonyl (C=O) groups excluding carboxylic acids is 1. The van der Waals surface area contributed by atoms with Crippen LogP contribution >= 0.6 is 0 Å². The number of nitrogens with one attached hydrogen (secondary N) is 1. The number of likely N-dealkylation sites (N-methyl/N-ethyl adjacent to an activating group) is 1. The molecule has 0 spiro atoms. The van der Waals surface area contributed by atoms with Crippen molar-refractivity contribution in [1.29, 1.82) is 0 Å². The Hall–Kier alpha value is -2.97. The molecule has 2 aromatic carbocycles. The van der Waals surface area contributed by atoms with Gasteiger partial charge in [0.2, 0.25) is 0 Å². The van der Waals surface area contributed by atoms with Gasteiger partial charge in [0, 0.05) is 18.7 Å². The molecule has 0 aromatic heterocycles. The molecule has 0 bridgehead atoms. The Kier molecular flexibility index (Phi) is 7.69. The lowest BCUT2D eigenvalue weighted by atomic mass is 9.88. The summed E-state index contributed by atoms with van der Waals surface area (Å²) in [4.78, 5) is 15.1. The molecule has 1 heterocycles. The van der Waals surface area contributed by atoms with Crippen LogP contribution in [0.25, 0.3) is 0 Å². The number of benzene rings is 2. The Balaban J connectivity index is 0.00000145. The summed E-state index contributed by atoms with van der Waals surface area (Å²) in [6, 6.07) is 13.6. The normalized spacial score (nSPS) is 19.2. The zero-order valence-electron chi connectivity index (χ0n) is 17.4. The summed E-state index contributed by atoms with van der Waals surface area (Å²) < 4.78 is 5.24. The van der Waals surface area contributed by atoms with Crippen molar-refractivity contribution in [3.63, 3.8) is 0 Å². The lowest BCUT2D eigenvalue weighted by Gasteiger charge is -2.39. The number of anilines is 1. The first-order valence-electron chi connectivity index (χ1n) is 9.69. The van der Waals surface area contributed by atoms with Crippen molar-refractivity contribution < 1.29 is 14.6 Å². The van der Waals surface area contributed by atoms with Crippen LogP contribution < -0.4 is 5.32 Å². The lowest BCUT2D eigenvalue weighted by molar-refractivity contribution is -0.153. The smallest absolute Gasteiger partial charge is 0.328 e. The predicted molar refractivity (Wildman–Crippen MR) is 117 cm³/mol. The number of phenols is 1. The van der Waals surface area contributed by atoms with Gasteiger partial charge in [-0.15, -0.1) is 12.8 Å². The molecule has 5 nitrogen and oxygen atoms in total. The zero-order valence-corrected chi connectivity index (χ0v) is 17.4. The number of nitrogens with zero attached hydrogens (tertiary/aromatic N) is 1. The van der Waals surface area contributed by atoms with Gasteiger partial charge in [-0.1, -0.05) is 29.8 Å². The lowest BCUT2D eigenvalue weighted by Crippen LogP contribution is -2.59. The molecule has 1 unspecified atom stereocenters. The molecule has 2 aromatic rings. The van der Waals surface area contributed by atoms with E-state index in [4.69, 9.17) is 4.74 Å². The van der Waals surface area contributed by atoms with Crippen molar-refractivity contribution >= 4 is 11.7 Å². The predicted octanol–water partition coefficient (Wildman–Crippen LogP) is 3.39. The Labute approximate surface area is 173 Å². The second kappa shape index (κ2) is 9.99. The third kappa shape index (κ3) is 5.10. The van der Waals surface area contributed by atoms with E-state index in [0.29, 0.717) is 13.0 Å². The summed E-state index contributed by atoms with van der Waals surface area (Å²) in [7, 11) is 3.44. The number of methoxy groups -OCH3 is 1. The van der Waals surface area contributed by atoms with Crippen LogP contribution in [0, 0.1) is 19.8 Å². The van der Waals surface area contributed by atoms with Crippen LogP contribution in [0.4, 0.5) is 5.69 Å². The highest BCUT2D eigenvalue weighted by molar-refractivity contribution is 5.82. The van der Waals surface area contributed by atoms with Crippen LogP contribution in [-0.4, -0.2) is 48.8 Å². The largest absolute Gasteiger partial charge is 0.508 e. The number of phenolic OH excluding ortho intramolecular Hbond substituents is 1. The number of rotatable bonds is 3. The third-order valence-corrected chi connectivity index (χ3v) is 5.51. The molecule has 0 amide bonds. The molecule has 0 saturated carbocycles. The van der Waals surface area contributed by atoms with Crippen LogP contribution in [0.15, 0.2) is 42.5 Å². The Morgan fingerprint density at radius 2 is 1.93 bits per heavy atom. The second-order valence-corrected chi connectivity index (χ2v) is 7.41. The summed E-state index contributed by atoms with van der Waals surface area (Å²) in [5, 5.41) is 13.3. The van der Waals surface area contributed by atoms with Gasteiger partial charge in [0.05, 0.1) is 7.11 Å². The topological polar surface area (TPSA) is 61.8 Å². The maximum Gasteiger partial charge on any atom is 0.328 e. The highest BCUT2D eigenvalue weighted by atomic mass is 16.5. The number of ether oxygens (including phenoxy) is 1. The minimum absolute atomic E-state index is 0.236. The first kappa shape index (κ1) is 22.3. The first-order chi connectivity index (χ1) is 13.9. The Bertz CT molecular complexity index is 845. The number of esters is 1. The molecular formula is C24H30N2O3. The van der Waals surface area contributed by atoms with Crippen LogP contribution in [0.2, 0.25) is 0 Å². The van der Waals surface area contributed by atoms with E-state index in [1.807, 2.05) is 13.1 Å². The number of aromatic hydroxyl groups is 1. The highest BCUT2D eigenvalue weighted by Gasteiger charge is 2.44. The quantitative estimate of drug-likeness (QED) is 0.475. The fraction of sp³-hybridized carbons (Fsp3) is 0.375. The first-order valence-corrected chi connectivity index (χ1v) is 9.69. The van der Waals surface area contributed by atoms with Gasteiger partial charge in [-0.2, -0.15) is 0 Å². The van der Waals surface area contributed by atoms with E-state index in [9.17, 15) is 9.90 Å². The zero-order chi connectivity index (χ0) is 21.4. The van der Waals surface area contributed by atoms with Gasteiger partial charge in [0.25, 0.3) is 0 Å². The van der Waals surface area contributed by atoms with Crippen molar-refractivity contribution in [2.75, 3.05) is 32.6 Å². The SMILES string of the molecule is C#C.COC(=O)C1(Cc2ccc(C)cc2)CNc2ccc(O)cc2CCCN1C. The average Bonchev–Trinajstić information content (AvgIpc) is 2.80. The molecule has 0 aliphatic carbocycles. The fourth-order valence-electron chi connectivity index (χ4n) is 3.79. The summed E-state index contributed by atoms with van der Waals surface area (Å²) in [6.45, 7) is 3.25. The highest BCUT2D eigenvalue weighted by Crippen LogP contribution is 2.29. The summed E-state index contributed by atoms with van der Waals surface area (Å²) in [5.74, 6) is 0.0299. The maximum absolute atomic E-state index is 13.0. The maximum atomic E-state index is 13.0. The van der Waals surface area contributed by atoms with Gasteiger partial charge in [-0.3, -0.25) is 4.90 Å². The van der Waals surface area contributed by atoms with E-state index < -0.39 is 5.54 Å². The molecule has 0 radical (unpaired) electrons. The molecule has 2 N–H and O–H groups in total. The molecule has 29 heavy (non-hydrogen) atoms. The van der Waals surface area contributed by atoms with Gasteiger partial charge in [-0.05, 0) is 62.7 Å². The minimum atomic E-state index is -0.802. The third-order valence-electron chi connectivity index (χ3n) is 5.51. The molecule has 0 fully saturated rings. The van der Waals surface area contributed by atoms with Crippen LogP contribution in [0.1, 0.15) is 23.1 Å². The Morgan fingerprint density at radius 3 is 2.59 bits per heavy atom. The van der Waals surface area contributed by atoms with E-state index in [-0.39, 0.29) is 11.7 Å². The number of hydrogen-bond donors (Lipinski definition) is 2. The number of fused-ring (bicyclic) bond motifs is 1. The van der Waals surface area contributed by atoms with Crippen LogP contribution in [0.3, 0.4) is 0 Å². The molecular weight excluding hydrogens is 364 g/mol. The molecule has 154 valence electrons. The van der Waals surface area contributed by atoms with E-state index in [1.165, 1.54) is 12.7 Å². The summed E-state index contributed by atoms with van der Waals surface area (Å²) >= 11 is 0. The molecule has 1 aliphatic rings. The molecule has 0 saturated heterocycles. The number of carbonyl (C=O) groups is 1. The van der Waals surface area contributed by atoms with Gasteiger partial charge in [0.1, 0.15) is 11.3 Å². The molecule has 5 heteroatoms. The van der Waals surface area contributed by atoms with Gasteiger partial charge < -0.3 is 15.2 Å². The minimum Gasteiger partial charge on any atom is -0.508 e. The monoisotopic (exact) mass is 394 g/mol. The van der Waals surface area contributed by atoms with E-state index >= 15 is 0 Å². The van der Waals surface area contributed by atoms with Gasteiger partial charge in [-0.25, -0.2) is 4.79 Å². The number of aryl methyl sites for hydroxylation is 2. The van der Waals surface area contributed by atoms with Crippen molar-refractivity contribution in [2.45, 2.75) is 31.7 Å².